The number of benzene rings is 1. The molecule has 2 aliphatic rings. The lowest BCUT2D eigenvalue weighted by Crippen LogP contribution is -2.74. The standard InChI is InChI=1S/C16H16N2O5S/c1-9-8-24-15-12(14(20)18(15)13(9)16(21)22)17-11(19)7-23-10-5-3-2-4-6-10/h2-6,8,12-13,15H,7H2,1H3,(H,17,19)(H,21,22). The Morgan fingerprint density at radius 2 is 2.04 bits per heavy atom. The number of β-lactam (4-membered cyclic amide) rings is 1. The van der Waals surface area contributed by atoms with E-state index in [1.165, 1.54) is 16.7 Å². The number of fused-ring (bicyclic) bond motifs is 1. The first-order chi connectivity index (χ1) is 11.5. The van der Waals surface area contributed by atoms with Crippen molar-refractivity contribution in [2.75, 3.05) is 6.61 Å². The number of carbonyl (C=O) groups excluding carboxylic acids is 2. The van der Waals surface area contributed by atoms with Crippen molar-refractivity contribution < 1.29 is 24.2 Å². The van der Waals surface area contributed by atoms with Gasteiger partial charge in [0.05, 0.1) is 0 Å². The van der Waals surface area contributed by atoms with Gasteiger partial charge in [-0.05, 0) is 30.0 Å². The van der Waals surface area contributed by atoms with Crippen molar-refractivity contribution in [1.29, 1.82) is 0 Å². The minimum absolute atomic E-state index is 0.206. The number of hydrogen-bond acceptors (Lipinski definition) is 5. The van der Waals surface area contributed by atoms with E-state index in [4.69, 9.17) is 4.74 Å². The second-order valence-electron chi connectivity index (χ2n) is 5.52. The van der Waals surface area contributed by atoms with E-state index >= 15 is 0 Å². The number of amides is 2. The lowest BCUT2D eigenvalue weighted by atomic mass is 9.99. The predicted molar refractivity (Wildman–Crippen MR) is 87.3 cm³/mol. The summed E-state index contributed by atoms with van der Waals surface area (Å²) in [5.41, 5.74) is 0.606. The fourth-order valence-electron chi connectivity index (χ4n) is 2.69. The number of aliphatic carboxylic acids is 1. The molecule has 3 atom stereocenters. The number of nitrogens with zero attached hydrogens (tertiary/aromatic N) is 1. The van der Waals surface area contributed by atoms with E-state index in [-0.39, 0.29) is 12.5 Å². The van der Waals surface area contributed by atoms with Crippen LogP contribution >= 0.6 is 11.8 Å². The van der Waals surface area contributed by atoms with Crippen molar-refractivity contribution in [3.63, 3.8) is 0 Å². The molecule has 8 heteroatoms. The van der Waals surface area contributed by atoms with Gasteiger partial charge in [0.15, 0.2) is 12.6 Å². The fourth-order valence-corrected chi connectivity index (χ4v) is 3.87. The molecule has 7 nitrogen and oxygen atoms in total. The van der Waals surface area contributed by atoms with Crippen LogP contribution in [0.5, 0.6) is 5.75 Å². The van der Waals surface area contributed by atoms with E-state index in [2.05, 4.69) is 5.32 Å². The molecule has 0 aliphatic carbocycles. The summed E-state index contributed by atoms with van der Waals surface area (Å²) in [5, 5.41) is 13.2. The van der Waals surface area contributed by atoms with Crippen molar-refractivity contribution in [3.8, 4) is 5.75 Å². The number of thioether (sulfide) groups is 1. The van der Waals surface area contributed by atoms with E-state index in [1.54, 1.807) is 36.6 Å². The third-order valence-electron chi connectivity index (χ3n) is 3.85. The Balaban J connectivity index is 1.58. The van der Waals surface area contributed by atoms with Gasteiger partial charge in [0, 0.05) is 0 Å². The van der Waals surface area contributed by atoms with Gasteiger partial charge >= 0.3 is 5.97 Å². The molecule has 1 aromatic rings. The smallest absolute Gasteiger partial charge is 0.330 e. The largest absolute Gasteiger partial charge is 0.484 e. The molecule has 1 saturated heterocycles. The topological polar surface area (TPSA) is 95.9 Å². The van der Waals surface area contributed by atoms with E-state index in [1.807, 2.05) is 6.07 Å². The third kappa shape index (κ3) is 2.96. The Morgan fingerprint density at radius 3 is 2.71 bits per heavy atom. The molecule has 0 spiro atoms. The molecule has 3 rings (SSSR count). The maximum absolute atomic E-state index is 12.2. The molecular formula is C16H16N2O5S. The van der Waals surface area contributed by atoms with Gasteiger partial charge in [-0.25, -0.2) is 4.79 Å². The van der Waals surface area contributed by atoms with Crippen LogP contribution < -0.4 is 10.1 Å². The predicted octanol–water partition coefficient (Wildman–Crippen LogP) is 0.822. The van der Waals surface area contributed by atoms with E-state index in [0.717, 1.165) is 0 Å². The maximum atomic E-state index is 12.2. The van der Waals surface area contributed by atoms with Gasteiger partial charge in [-0.1, -0.05) is 18.2 Å². The highest BCUT2D eigenvalue weighted by Gasteiger charge is 2.55. The fraction of sp³-hybridized carbons (Fsp3) is 0.312. The van der Waals surface area contributed by atoms with Crippen LogP contribution in [-0.2, 0) is 14.4 Å². The van der Waals surface area contributed by atoms with Crippen LogP contribution in [0.4, 0.5) is 0 Å². The van der Waals surface area contributed by atoms with E-state index in [9.17, 15) is 19.5 Å². The van der Waals surface area contributed by atoms with Crippen LogP contribution in [0.2, 0.25) is 0 Å². The average molecular weight is 348 g/mol. The van der Waals surface area contributed by atoms with Crippen molar-refractivity contribution in [2.24, 2.45) is 0 Å². The van der Waals surface area contributed by atoms with Crippen LogP contribution in [0.25, 0.3) is 0 Å². The molecule has 24 heavy (non-hydrogen) atoms. The maximum Gasteiger partial charge on any atom is 0.330 e. The Bertz CT molecular complexity index is 706. The lowest BCUT2D eigenvalue weighted by Gasteiger charge is -2.51. The molecule has 126 valence electrons. The molecule has 2 N–H and O–H groups in total. The van der Waals surface area contributed by atoms with Gasteiger partial charge in [-0.15, -0.1) is 11.8 Å². The van der Waals surface area contributed by atoms with Gasteiger partial charge < -0.3 is 20.1 Å². The van der Waals surface area contributed by atoms with Gasteiger partial charge in [-0.2, -0.15) is 0 Å². The highest BCUT2D eigenvalue weighted by atomic mass is 32.2. The van der Waals surface area contributed by atoms with Gasteiger partial charge in [0.25, 0.3) is 5.91 Å². The van der Waals surface area contributed by atoms with Crippen LogP contribution in [0.3, 0.4) is 0 Å². The summed E-state index contributed by atoms with van der Waals surface area (Å²) in [6.45, 7) is 1.47. The minimum Gasteiger partial charge on any atom is -0.484 e. The molecular weight excluding hydrogens is 332 g/mol. The first kappa shape index (κ1) is 16.4. The van der Waals surface area contributed by atoms with Gasteiger partial charge in [-0.3, -0.25) is 9.59 Å². The zero-order valence-corrected chi connectivity index (χ0v) is 13.7. The van der Waals surface area contributed by atoms with Crippen molar-refractivity contribution >= 4 is 29.5 Å². The molecule has 2 heterocycles. The monoisotopic (exact) mass is 348 g/mol. The first-order valence-electron chi connectivity index (χ1n) is 7.33. The molecule has 2 aliphatic heterocycles. The molecule has 1 fully saturated rings. The molecule has 1 aromatic carbocycles. The van der Waals surface area contributed by atoms with Crippen molar-refractivity contribution in [1.82, 2.24) is 10.2 Å². The number of rotatable bonds is 5. The quantitative estimate of drug-likeness (QED) is 0.765. The molecule has 0 aromatic heterocycles. The number of nitrogens with one attached hydrogen (secondary N) is 1. The van der Waals surface area contributed by atoms with E-state index in [0.29, 0.717) is 11.3 Å². The van der Waals surface area contributed by atoms with Gasteiger partial charge in [0.2, 0.25) is 5.91 Å². The molecule has 0 saturated carbocycles. The highest BCUT2D eigenvalue weighted by Crippen LogP contribution is 2.39. The van der Waals surface area contributed by atoms with Crippen LogP contribution in [0.15, 0.2) is 41.3 Å². The summed E-state index contributed by atoms with van der Waals surface area (Å²) in [7, 11) is 0. The number of carboxylic acid groups (broad SMARTS) is 1. The number of carbonyl (C=O) groups is 3. The zero-order valence-electron chi connectivity index (χ0n) is 12.8. The summed E-state index contributed by atoms with van der Waals surface area (Å²) >= 11 is 1.33. The molecule has 3 unspecified atom stereocenters. The Morgan fingerprint density at radius 1 is 1.33 bits per heavy atom. The Hall–Kier alpha value is -2.48. The number of carboxylic acids is 1. The molecule has 2 amide bonds. The summed E-state index contributed by atoms with van der Waals surface area (Å²) in [4.78, 5) is 36.8. The highest BCUT2D eigenvalue weighted by molar-refractivity contribution is 8.02. The number of para-hydroxylation sites is 1. The molecule has 0 bridgehead atoms. The Kier molecular flexibility index (Phi) is 4.48. The van der Waals surface area contributed by atoms with Crippen molar-refractivity contribution in [2.45, 2.75) is 24.4 Å². The van der Waals surface area contributed by atoms with Crippen LogP contribution in [-0.4, -0.2) is 51.9 Å². The van der Waals surface area contributed by atoms with Crippen LogP contribution in [0.1, 0.15) is 6.92 Å². The van der Waals surface area contributed by atoms with E-state index < -0.39 is 29.3 Å². The summed E-state index contributed by atoms with van der Waals surface area (Å²) < 4.78 is 5.34. The summed E-state index contributed by atoms with van der Waals surface area (Å²) in [6.07, 6.45) is 0. The third-order valence-corrected chi connectivity index (χ3v) is 5.13. The second-order valence-corrected chi connectivity index (χ2v) is 6.51. The molecule has 0 radical (unpaired) electrons. The second kappa shape index (κ2) is 6.56. The SMILES string of the molecule is CC1=CSC2C(NC(=O)COc3ccccc3)C(=O)N2C1C(=O)O. The number of hydrogen-bond donors (Lipinski definition) is 2. The summed E-state index contributed by atoms with van der Waals surface area (Å²) in [5.74, 6) is -1.32. The average Bonchev–Trinajstić information content (AvgIpc) is 2.58. The minimum atomic E-state index is -1.07. The number of ether oxygens (including phenoxy) is 1. The van der Waals surface area contributed by atoms with Gasteiger partial charge in [0.1, 0.15) is 17.2 Å². The first-order valence-corrected chi connectivity index (χ1v) is 8.27. The summed E-state index contributed by atoms with van der Waals surface area (Å²) in [6, 6.07) is 7.19. The Labute approximate surface area is 142 Å². The zero-order chi connectivity index (χ0) is 17.3. The van der Waals surface area contributed by atoms with Crippen LogP contribution in [0, 0.1) is 0 Å². The normalized spacial score (nSPS) is 25.2. The lowest BCUT2D eigenvalue weighted by molar-refractivity contribution is -0.160. The van der Waals surface area contributed by atoms with Crippen molar-refractivity contribution in [3.05, 3.63) is 41.3 Å².